The number of ether oxygens (including phenoxy) is 2. The summed E-state index contributed by atoms with van der Waals surface area (Å²) in [5.41, 5.74) is 3.78. The average molecular weight is 344 g/mol. The standard InChI is InChI=1S/C13H11F3N4O2S/c1-21-9-4-3-7(5-10(9)22-2)8-6-23-12-18-17-11(13(14,15)16)20(12)19-8/h3-6,19H,1-2H3. The quantitative estimate of drug-likeness (QED) is 0.924. The summed E-state index contributed by atoms with van der Waals surface area (Å²) in [6.07, 6.45) is -4.60. The lowest BCUT2D eigenvalue weighted by Crippen LogP contribution is -2.24. The van der Waals surface area contributed by atoms with Crippen LogP contribution in [0.2, 0.25) is 0 Å². The molecule has 0 bridgehead atoms. The lowest BCUT2D eigenvalue weighted by molar-refractivity contribution is -0.146. The molecule has 0 radical (unpaired) electrons. The number of fused-ring (bicyclic) bond motifs is 1. The number of nitrogens with zero attached hydrogens (tertiary/aromatic N) is 3. The maximum absolute atomic E-state index is 12.9. The molecule has 0 saturated carbocycles. The fraction of sp³-hybridized carbons (Fsp3) is 0.231. The third-order valence-electron chi connectivity index (χ3n) is 3.10. The Morgan fingerprint density at radius 1 is 1.13 bits per heavy atom. The minimum atomic E-state index is -4.60. The van der Waals surface area contributed by atoms with Gasteiger partial charge in [-0.2, -0.15) is 13.2 Å². The zero-order valence-electron chi connectivity index (χ0n) is 12.0. The van der Waals surface area contributed by atoms with Crippen molar-refractivity contribution in [3.8, 4) is 11.5 Å². The molecule has 2 aromatic rings. The minimum absolute atomic E-state index is 0.113. The Labute approximate surface area is 133 Å². The van der Waals surface area contributed by atoms with Gasteiger partial charge in [-0.25, -0.2) is 4.68 Å². The molecule has 1 aliphatic heterocycles. The zero-order chi connectivity index (χ0) is 16.6. The van der Waals surface area contributed by atoms with Crippen molar-refractivity contribution < 1.29 is 22.6 Å². The van der Waals surface area contributed by atoms with Crippen LogP contribution in [-0.2, 0) is 6.18 Å². The third-order valence-corrected chi connectivity index (χ3v) is 3.92. The molecule has 1 aromatic carbocycles. The first-order valence-electron chi connectivity index (χ1n) is 6.33. The number of benzene rings is 1. The first kappa shape index (κ1) is 15.5. The number of nitrogens with one attached hydrogen (secondary N) is 1. The molecule has 0 fully saturated rings. The Balaban J connectivity index is 1.95. The van der Waals surface area contributed by atoms with Crippen LogP contribution in [0.4, 0.5) is 13.2 Å². The highest BCUT2D eigenvalue weighted by Crippen LogP contribution is 2.36. The molecule has 0 aliphatic carbocycles. The number of aromatic nitrogens is 3. The van der Waals surface area contributed by atoms with E-state index in [0.29, 0.717) is 22.8 Å². The molecular formula is C13H11F3N4O2S. The van der Waals surface area contributed by atoms with E-state index in [1.54, 1.807) is 23.6 Å². The Kier molecular flexibility index (Phi) is 3.84. The van der Waals surface area contributed by atoms with Crippen molar-refractivity contribution >= 4 is 17.5 Å². The second-order valence-corrected chi connectivity index (χ2v) is 5.31. The van der Waals surface area contributed by atoms with Crippen LogP contribution in [0, 0.1) is 0 Å². The van der Waals surface area contributed by atoms with Gasteiger partial charge in [-0.1, -0.05) is 11.8 Å². The molecular weight excluding hydrogens is 333 g/mol. The van der Waals surface area contributed by atoms with Crippen LogP contribution in [0.25, 0.3) is 5.70 Å². The van der Waals surface area contributed by atoms with E-state index in [1.807, 2.05) is 0 Å². The van der Waals surface area contributed by atoms with Crippen LogP contribution in [0.15, 0.2) is 28.8 Å². The van der Waals surface area contributed by atoms with Gasteiger partial charge in [-0.15, -0.1) is 10.2 Å². The number of halogens is 3. The van der Waals surface area contributed by atoms with E-state index in [-0.39, 0.29) is 5.16 Å². The van der Waals surface area contributed by atoms with Crippen LogP contribution in [0.3, 0.4) is 0 Å². The van der Waals surface area contributed by atoms with Gasteiger partial charge >= 0.3 is 6.18 Å². The Morgan fingerprint density at radius 2 is 1.87 bits per heavy atom. The first-order valence-corrected chi connectivity index (χ1v) is 7.21. The van der Waals surface area contributed by atoms with E-state index in [1.165, 1.54) is 14.2 Å². The maximum atomic E-state index is 12.9. The van der Waals surface area contributed by atoms with E-state index >= 15 is 0 Å². The Hall–Kier alpha value is -2.36. The number of rotatable bonds is 3. The maximum Gasteiger partial charge on any atom is 0.453 e. The normalized spacial score (nSPS) is 13.9. The van der Waals surface area contributed by atoms with Crippen LogP contribution < -0.4 is 14.9 Å². The van der Waals surface area contributed by atoms with E-state index in [2.05, 4.69) is 15.6 Å². The molecule has 0 amide bonds. The molecule has 0 spiro atoms. The predicted molar refractivity (Wildman–Crippen MR) is 77.8 cm³/mol. The molecule has 1 N–H and O–H groups in total. The van der Waals surface area contributed by atoms with Gasteiger partial charge in [0.05, 0.1) is 19.9 Å². The van der Waals surface area contributed by atoms with Gasteiger partial charge in [0.1, 0.15) is 0 Å². The lowest BCUT2D eigenvalue weighted by Gasteiger charge is -2.20. The molecule has 0 atom stereocenters. The first-order chi connectivity index (χ1) is 10.9. The van der Waals surface area contributed by atoms with Crippen molar-refractivity contribution in [1.82, 2.24) is 14.9 Å². The Morgan fingerprint density at radius 3 is 2.52 bits per heavy atom. The van der Waals surface area contributed by atoms with Crippen molar-refractivity contribution in [2.45, 2.75) is 11.3 Å². The fourth-order valence-corrected chi connectivity index (χ4v) is 2.76. The van der Waals surface area contributed by atoms with Crippen molar-refractivity contribution in [1.29, 1.82) is 0 Å². The van der Waals surface area contributed by atoms with Gasteiger partial charge in [-0.05, 0) is 18.2 Å². The number of hydrogen-bond donors (Lipinski definition) is 1. The van der Waals surface area contributed by atoms with Crippen LogP contribution in [0.5, 0.6) is 11.5 Å². The second-order valence-electron chi connectivity index (χ2n) is 4.47. The Bertz CT molecular complexity index is 773. The number of methoxy groups -OCH3 is 2. The van der Waals surface area contributed by atoms with Crippen molar-refractivity contribution in [3.05, 3.63) is 35.0 Å². The largest absolute Gasteiger partial charge is 0.493 e. The molecule has 1 aliphatic rings. The summed E-state index contributed by atoms with van der Waals surface area (Å²) in [5, 5.41) is 8.47. The topological polar surface area (TPSA) is 61.2 Å². The van der Waals surface area contributed by atoms with Crippen molar-refractivity contribution in [3.63, 3.8) is 0 Å². The SMILES string of the molecule is COc1ccc(C2=CSc3nnc(C(F)(F)F)n3N2)cc1OC. The average Bonchev–Trinajstić information content (AvgIpc) is 2.97. The van der Waals surface area contributed by atoms with E-state index in [4.69, 9.17) is 9.47 Å². The summed E-state index contributed by atoms with van der Waals surface area (Å²) >= 11 is 1.04. The zero-order valence-corrected chi connectivity index (χ0v) is 12.8. The number of thioether (sulfide) groups is 1. The van der Waals surface area contributed by atoms with E-state index in [9.17, 15) is 13.2 Å². The summed E-state index contributed by atoms with van der Waals surface area (Å²) in [6, 6.07) is 5.05. The van der Waals surface area contributed by atoms with Gasteiger partial charge in [0.15, 0.2) is 11.5 Å². The number of alkyl halides is 3. The third kappa shape index (κ3) is 2.81. The van der Waals surface area contributed by atoms with Crippen LogP contribution in [-0.4, -0.2) is 29.1 Å². The summed E-state index contributed by atoms with van der Waals surface area (Å²) in [5.74, 6) is -0.101. The highest BCUT2D eigenvalue weighted by Gasteiger charge is 2.39. The monoisotopic (exact) mass is 344 g/mol. The molecule has 0 saturated heterocycles. The van der Waals surface area contributed by atoms with Crippen molar-refractivity contribution in [2.75, 3.05) is 19.6 Å². The van der Waals surface area contributed by atoms with Crippen LogP contribution >= 0.6 is 11.8 Å². The van der Waals surface area contributed by atoms with Crippen molar-refractivity contribution in [2.24, 2.45) is 0 Å². The molecule has 23 heavy (non-hydrogen) atoms. The van der Waals surface area contributed by atoms with E-state index < -0.39 is 12.0 Å². The summed E-state index contributed by atoms with van der Waals surface area (Å²) < 4.78 is 49.9. The highest BCUT2D eigenvalue weighted by atomic mass is 32.2. The molecule has 6 nitrogen and oxygen atoms in total. The second kappa shape index (κ2) is 5.69. The molecule has 10 heteroatoms. The van der Waals surface area contributed by atoms with E-state index in [0.717, 1.165) is 16.4 Å². The van der Waals surface area contributed by atoms with Gasteiger partial charge in [0, 0.05) is 11.0 Å². The molecule has 1 aromatic heterocycles. The van der Waals surface area contributed by atoms with Crippen LogP contribution in [0.1, 0.15) is 11.4 Å². The number of hydrogen-bond acceptors (Lipinski definition) is 6. The van der Waals surface area contributed by atoms with Gasteiger partial charge in [0.2, 0.25) is 5.16 Å². The van der Waals surface area contributed by atoms with Gasteiger partial charge < -0.3 is 9.47 Å². The molecule has 2 heterocycles. The smallest absolute Gasteiger partial charge is 0.453 e. The van der Waals surface area contributed by atoms with Gasteiger partial charge in [0.25, 0.3) is 5.82 Å². The molecule has 0 unspecified atom stereocenters. The predicted octanol–water partition coefficient (Wildman–Crippen LogP) is 2.96. The summed E-state index contributed by atoms with van der Waals surface area (Å²) in [4.78, 5) is 0. The highest BCUT2D eigenvalue weighted by molar-refractivity contribution is 8.02. The van der Waals surface area contributed by atoms with Gasteiger partial charge in [-0.3, -0.25) is 5.43 Å². The molecule has 122 valence electrons. The summed E-state index contributed by atoms with van der Waals surface area (Å²) in [7, 11) is 2.99. The summed E-state index contributed by atoms with van der Waals surface area (Å²) in [6.45, 7) is 0. The fourth-order valence-electron chi connectivity index (χ4n) is 2.03. The lowest BCUT2D eigenvalue weighted by atomic mass is 10.1. The minimum Gasteiger partial charge on any atom is -0.493 e. The molecule has 3 rings (SSSR count).